The molecule has 2 atom stereocenters. The third kappa shape index (κ3) is 2.55. The summed E-state index contributed by atoms with van der Waals surface area (Å²) in [6.07, 6.45) is 0.652. The number of ether oxygens (including phenoxy) is 2. The average molecular weight is 417 g/mol. The monoisotopic (exact) mass is 416 g/mol. The molecule has 26 heavy (non-hydrogen) atoms. The van der Waals surface area contributed by atoms with E-state index >= 15 is 0 Å². The minimum Gasteiger partial charge on any atom is -0.493 e. The second-order valence-electron chi connectivity index (χ2n) is 7.14. The van der Waals surface area contributed by atoms with E-state index in [2.05, 4.69) is 21.2 Å². The van der Waals surface area contributed by atoms with Crippen LogP contribution in [0.25, 0.3) is 0 Å². The van der Waals surface area contributed by atoms with Gasteiger partial charge in [-0.25, -0.2) is 4.79 Å². The Bertz CT molecular complexity index is 914. The molecule has 0 unspecified atom stereocenters. The van der Waals surface area contributed by atoms with Crippen molar-refractivity contribution in [2.24, 2.45) is 0 Å². The van der Waals surface area contributed by atoms with Gasteiger partial charge in [-0.3, -0.25) is 4.90 Å². The Morgan fingerprint density at radius 2 is 2.08 bits per heavy atom. The minimum atomic E-state index is -0.792. The molecule has 2 amide bonds. The standard InChI is InChI=1S/C20H21BrN2O3/c1-11-5-6-12(2)16(7-11)23-19(24)22-15-10-20(23,3)26-18-14(15)8-13(21)9-17(18)25-4/h5-9,15H,10H2,1-4H3,(H,22,24)/t15-,20-/m1/s1. The molecule has 6 heteroatoms. The van der Waals surface area contributed by atoms with Crippen molar-refractivity contribution >= 4 is 27.6 Å². The van der Waals surface area contributed by atoms with E-state index < -0.39 is 5.72 Å². The van der Waals surface area contributed by atoms with E-state index in [1.165, 1.54) is 0 Å². The molecule has 2 aromatic rings. The number of rotatable bonds is 2. The van der Waals surface area contributed by atoms with Gasteiger partial charge in [0.2, 0.25) is 0 Å². The lowest BCUT2D eigenvalue weighted by molar-refractivity contribution is 0.0348. The Morgan fingerprint density at radius 3 is 2.81 bits per heavy atom. The molecule has 0 spiro atoms. The maximum Gasteiger partial charge on any atom is 0.325 e. The summed E-state index contributed by atoms with van der Waals surface area (Å²) >= 11 is 3.51. The Balaban J connectivity index is 1.86. The summed E-state index contributed by atoms with van der Waals surface area (Å²) < 4.78 is 12.8. The van der Waals surface area contributed by atoms with Crippen LogP contribution in [0.3, 0.4) is 0 Å². The van der Waals surface area contributed by atoms with Crippen LogP contribution >= 0.6 is 15.9 Å². The summed E-state index contributed by atoms with van der Waals surface area (Å²) in [5, 5.41) is 3.13. The predicted octanol–water partition coefficient (Wildman–Crippen LogP) is 4.84. The zero-order chi connectivity index (χ0) is 18.6. The van der Waals surface area contributed by atoms with Crippen LogP contribution in [-0.2, 0) is 0 Å². The molecule has 1 N–H and O–H groups in total. The van der Waals surface area contributed by atoms with Gasteiger partial charge < -0.3 is 14.8 Å². The summed E-state index contributed by atoms with van der Waals surface area (Å²) in [5.74, 6) is 1.34. The molecule has 0 aromatic heterocycles. The van der Waals surface area contributed by atoms with Gasteiger partial charge in [-0.2, -0.15) is 0 Å². The molecule has 2 aliphatic rings. The van der Waals surface area contributed by atoms with E-state index in [1.807, 2.05) is 51.1 Å². The van der Waals surface area contributed by atoms with Crippen molar-refractivity contribution in [3.63, 3.8) is 0 Å². The highest BCUT2D eigenvalue weighted by atomic mass is 79.9. The third-order valence-electron chi connectivity index (χ3n) is 5.13. The molecular formula is C20H21BrN2O3. The van der Waals surface area contributed by atoms with Gasteiger partial charge in [0.05, 0.1) is 18.8 Å². The maximum atomic E-state index is 13.0. The molecule has 2 bridgehead atoms. The largest absolute Gasteiger partial charge is 0.493 e. The first-order valence-electron chi connectivity index (χ1n) is 8.57. The molecule has 0 radical (unpaired) electrons. The first-order valence-corrected chi connectivity index (χ1v) is 9.36. The predicted molar refractivity (Wildman–Crippen MR) is 104 cm³/mol. The second-order valence-corrected chi connectivity index (χ2v) is 8.05. The van der Waals surface area contributed by atoms with Crippen molar-refractivity contribution in [3.05, 3.63) is 51.5 Å². The van der Waals surface area contributed by atoms with E-state index in [0.29, 0.717) is 17.9 Å². The van der Waals surface area contributed by atoms with Crippen molar-refractivity contribution < 1.29 is 14.3 Å². The van der Waals surface area contributed by atoms with Crippen LogP contribution < -0.4 is 19.7 Å². The van der Waals surface area contributed by atoms with Gasteiger partial charge in [0.15, 0.2) is 17.2 Å². The number of hydrogen-bond donors (Lipinski definition) is 1. The van der Waals surface area contributed by atoms with Crippen molar-refractivity contribution in [2.45, 2.75) is 39.0 Å². The Hall–Kier alpha value is -2.21. The van der Waals surface area contributed by atoms with Gasteiger partial charge in [-0.15, -0.1) is 0 Å². The first kappa shape index (κ1) is 17.2. The number of amides is 2. The lowest BCUT2D eigenvalue weighted by Gasteiger charge is -2.51. The minimum absolute atomic E-state index is 0.121. The number of carbonyl (C=O) groups is 1. The molecule has 0 aliphatic carbocycles. The van der Waals surface area contributed by atoms with E-state index in [9.17, 15) is 4.79 Å². The van der Waals surface area contributed by atoms with Crippen LogP contribution in [-0.4, -0.2) is 18.9 Å². The number of aryl methyl sites for hydroxylation is 2. The van der Waals surface area contributed by atoms with Crippen LogP contribution in [0.15, 0.2) is 34.8 Å². The highest BCUT2D eigenvalue weighted by Gasteiger charge is 2.51. The molecule has 1 fully saturated rings. The van der Waals surface area contributed by atoms with Gasteiger partial charge in [0.25, 0.3) is 0 Å². The van der Waals surface area contributed by atoms with Gasteiger partial charge in [-0.1, -0.05) is 28.1 Å². The molecule has 2 aromatic carbocycles. The summed E-state index contributed by atoms with van der Waals surface area (Å²) in [4.78, 5) is 14.8. The molecule has 2 heterocycles. The number of benzene rings is 2. The molecule has 2 aliphatic heterocycles. The molecular weight excluding hydrogens is 396 g/mol. The number of halogens is 1. The molecule has 0 saturated carbocycles. The maximum absolute atomic E-state index is 13.0. The summed E-state index contributed by atoms with van der Waals surface area (Å²) in [6.45, 7) is 5.99. The summed E-state index contributed by atoms with van der Waals surface area (Å²) in [6, 6.07) is 9.69. The smallest absolute Gasteiger partial charge is 0.325 e. The highest BCUT2D eigenvalue weighted by molar-refractivity contribution is 9.10. The zero-order valence-corrected chi connectivity index (χ0v) is 16.8. The number of hydrogen-bond acceptors (Lipinski definition) is 3. The first-order chi connectivity index (χ1) is 12.3. The highest BCUT2D eigenvalue weighted by Crippen LogP contribution is 2.50. The Kier molecular flexibility index (Phi) is 3.91. The van der Waals surface area contributed by atoms with Crippen LogP contribution in [0.4, 0.5) is 10.5 Å². The van der Waals surface area contributed by atoms with E-state index in [4.69, 9.17) is 9.47 Å². The van der Waals surface area contributed by atoms with Crippen molar-refractivity contribution in [2.75, 3.05) is 12.0 Å². The Labute approximate surface area is 161 Å². The lowest BCUT2D eigenvalue weighted by Crippen LogP contribution is -2.65. The van der Waals surface area contributed by atoms with Gasteiger partial charge >= 0.3 is 6.03 Å². The molecule has 136 valence electrons. The Morgan fingerprint density at radius 1 is 1.31 bits per heavy atom. The van der Waals surface area contributed by atoms with Crippen LogP contribution in [0.2, 0.25) is 0 Å². The fourth-order valence-electron chi connectivity index (χ4n) is 3.88. The normalized spacial score (nSPS) is 23.8. The van der Waals surface area contributed by atoms with Crippen molar-refractivity contribution in [1.82, 2.24) is 5.32 Å². The second kappa shape index (κ2) is 5.91. The number of urea groups is 1. The SMILES string of the molecule is COc1cc(Br)cc2c1O[C@]1(C)C[C@H]2NC(=O)N1c1cc(C)ccc1C. The fraction of sp³-hybridized carbons (Fsp3) is 0.350. The van der Waals surface area contributed by atoms with Crippen LogP contribution in [0.1, 0.15) is 36.1 Å². The lowest BCUT2D eigenvalue weighted by atomic mass is 9.89. The van der Waals surface area contributed by atoms with Crippen LogP contribution in [0, 0.1) is 13.8 Å². The van der Waals surface area contributed by atoms with E-state index in [1.54, 1.807) is 12.0 Å². The van der Waals surface area contributed by atoms with E-state index in [0.717, 1.165) is 26.9 Å². The summed E-state index contributed by atoms with van der Waals surface area (Å²) in [5.41, 5.74) is 3.13. The number of carbonyl (C=O) groups excluding carboxylic acids is 1. The van der Waals surface area contributed by atoms with Gasteiger partial charge in [0.1, 0.15) is 0 Å². The number of nitrogens with zero attached hydrogens (tertiary/aromatic N) is 1. The van der Waals surface area contributed by atoms with Crippen LogP contribution in [0.5, 0.6) is 11.5 Å². The van der Waals surface area contributed by atoms with E-state index in [-0.39, 0.29) is 12.1 Å². The number of fused-ring (bicyclic) bond motifs is 4. The quantitative estimate of drug-likeness (QED) is 0.761. The number of nitrogens with one attached hydrogen (secondary N) is 1. The fourth-order valence-corrected chi connectivity index (χ4v) is 4.33. The summed E-state index contributed by atoms with van der Waals surface area (Å²) in [7, 11) is 1.62. The zero-order valence-electron chi connectivity index (χ0n) is 15.2. The van der Waals surface area contributed by atoms with Crippen molar-refractivity contribution in [1.29, 1.82) is 0 Å². The van der Waals surface area contributed by atoms with Gasteiger partial charge in [0, 0.05) is 16.5 Å². The molecule has 1 saturated heterocycles. The van der Waals surface area contributed by atoms with Gasteiger partial charge in [-0.05, 0) is 50.1 Å². The number of anilines is 1. The average Bonchev–Trinajstić information content (AvgIpc) is 2.57. The van der Waals surface area contributed by atoms with Crippen molar-refractivity contribution in [3.8, 4) is 11.5 Å². The topological polar surface area (TPSA) is 50.8 Å². The number of methoxy groups -OCH3 is 1. The molecule has 5 nitrogen and oxygen atoms in total. The third-order valence-corrected chi connectivity index (χ3v) is 5.59. The molecule has 4 rings (SSSR count).